The fourth-order valence-corrected chi connectivity index (χ4v) is 4.39. The summed E-state index contributed by atoms with van der Waals surface area (Å²) in [5, 5.41) is 20.9. The largest absolute Gasteiger partial charge is 0.389 e. The molecule has 4 aromatic rings. The average Bonchev–Trinajstić information content (AvgIpc) is 3.35. The molecule has 0 spiro atoms. The van der Waals surface area contributed by atoms with Crippen LogP contribution in [-0.2, 0) is 19.0 Å². The van der Waals surface area contributed by atoms with E-state index in [1.165, 1.54) is 28.7 Å². The minimum atomic E-state index is -0.545. The molecule has 0 atom stereocenters. The van der Waals surface area contributed by atoms with Gasteiger partial charge in [0.1, 0.15) is 5.88 Å². The molecule has 166 valence electrons. The summed E-state index contributed by atoms with van der Waals surface area (Å²) < 4.78 is 4.93. The third-order valence-electron chi connectivity index (χ3n) is 5.01. The molecule has 0 N–H and O–H groups in total. The van der Waals surface area contributed by atoms with Crippen LogP contribution < -0.4 is 5.56 Å². The summed E-state index contributed by atoms with van der Waals surface area (Å²) in [6, 6.07) is 8.52. The number of nitrogens with zero attached hydrogens (tertiary/aromatic N) is 7. The number of halogens is 1. The van der Waals surface area contributed by atoms with Crippen LogP contribution >= 0.6 is 23.4 Å². The summed E-state index contributed by atoms with van der Waals surface area (Å²) in [6.45, 7) is 4.82. The third kappa shape index (κ3) is 4.39. The van der Waals surface area contributed by atoms with Crippen molar-refractivity contribution in [2.75, 3.05) is 0 Å². The van der Waals surface area contributed by atoms with E-state index in [4.69, 9.17) is 11.6 Å². The van der Waals surface area contributed by atoms with Crippen LogP contribution in [-0.4, -0.2) is 34.0 Å². The lowest BCUT2D eigenvalue weighted by Gasteiger charge is -2.13. The van der Waals surface area contributed by atoms with Gasteiger partial charge in [0.15, 0.2) is 5.16 Å². The van der Waals surface area contributed by atoms with Gasteiger partial charge in [-0.3, -0.25) is 14.0 Å². The van der Waals surface area contributed by atoms with Crippen LogP contribution in [0, 0.1) is 24.0 Å². The number of rotatable bonds is 8. The van der Waals surface area contributed by atoms with E-state index in [0.717, 1.165) is 11.4 Å². The summed E-state index contributed by atoms with van der Waals surface area (Å²) in [6.07, 6.45) is 2.18. The lowest BCUT2D eigenvalue weighted by atomic mass is 10.2. The van der Waals surface area contributed by atoms with E-state index in [2.05, 4.69) is 15.2 Å². The van der Waals surface area contributed by atoms with Gasteiger partial charge >= 0.3 is 5.82 Å². The first kappa shape index (κ1) is 22.0. The molecule has 3 heterocycles. The summed E-state index contributed by atoms with van der Waals surface area (Å²) in [5.41, 5.74) is 2.14. The van der Waals surface area contributed by atoms with E-state index in [1.54, 1.807) is 16.7 Å². The first-order valence-corrected chi connectivity index (χ1v) is 11.2. The molecule has 0 unspecified atom stereocenters. The molecule has 0 amide bonds. The minimum absolute atomic E-state index is 0.129. The fourth-order valence-electron chi connectivity index (χ4n) is 3.37. The van der Waals surface area contributed by atoms with Gasteiger partial charge in [0, 0.05) is 13.1 Å². The highest BCUT2D eigenvalue weighted by molar-refractivity contribution is 7.98. The molecular weight excluding hydrogens is 454 g/mol. The van der Waals surface area contributed by atoms with Gasteiger partial charge in [-0.1, -0.05) is 35.5 Å². The van der Waals surface area contributed by atoms with Crippen LogP contribution in [0.15, 0.2) is 46.5 Å². The van der Waals surface area contributed by atoms with Crippen LogP contribution in [0.5, 0.6) is 0 Å². The molecule has 0 fully saturated rings. The summed E-state index contributed by atoms with van der Waals surface area (Å²) in [7, 11) is 0. The maximum absolute atomic E-state index is 13.2. The lowest BCUT2D eigenvalue weighted by Crippen LogP contribution is -2.24. The van der Waals surface area contributed by atoms with Crippen molar-refractivity contribution in [2.45, 2.75) is 44.4 Å². The zero-order valence-corrected chi connectivity index (χ0v) is 19.0. The van der Waals surface area contributed by atoms with Gasteiger partial charge in [0.05, 0.1) is 44.7 Å². The summed E-state index contributed by atoms with van der Waals surface area (Å²) >= 11 is 7.52. The molecule has 0 aliphatic rings. The number of aromatic nitrogens is 6. The Morgan fingerprint density at radius 3 is 2.62 bits per heavy atom. The second kappa shape index (κ2) is 9.13. The van der Waals surface area contributed by atoms with Gasteiger partial charge < -0.3 is 10.1 Å². The Morgan fingerprint density at radius 2 is 1.94 bits per heavy atom. The maximum atomic E-state index is 13.2. The first-order valence-electron chi connectivity index (χ1n) is 9.85. The van der Waals surface area contributed by atoms with Crippen LogP contribution in [0.1, 0.15) is 17.8 Å². The molecule has 0 saturated heterocycles. The van der Waals surface area contributed by atoms with Crippen molar-refractivity contribution in [1.82, 2.24) is 29.1 Å². The Balaban J connectivity index is 1.58. The normalized spacial score (nSPS) is 11.3. The van der Waals surface area contributed by atoms with Crippen molar-refractivity contribution in [1.29, 1.82) is 0 Å². The Labute approximate surface area is 192 Å². The van der Waals surface area contributed by atoms with Crippen molar-refractivity contribution in [2.24, 2.45) is 0 Å². The van der Waals surface area contributed by atoms with Crippen molar-refractivity contribution in [3.63, 3.8) is 0 Å². The standard InChI is InChI=1S/C20H20ClN7O3S/c1-13-18(21)14(2)27(23-13)10-5-9-26-19(29)15-6-3-4-7-16(15)22-20(26)32-12-25-11-8-17(24-25)28(30)31/h3-4,6-8,11H,5,9-10,12H2,1-2H3. The highest BCUT2D eigenvalue weighted by Gasteiger charge is 2.15. The van der Waals surface area contributed by atoms with Gasteiger partial charge in [-0.15, -0.1) is 0 Å². The van der Waals surface area contributed by atoms with Crippen molar-refractivity contribution < 1.29 is 4.92 Å². The lowest BCUT2D eigenvalue weighted by molar-refractivity contribution is -0.389. The number of thioether (sulfide) groups is 1. The Bertz CT molecular complexity index is 1360. The summed E-state index contributed by atoms with van der Waals surface area (Å²) in [4.78, 5) is 28.2. The van der Waals surface area contributed by atoms with Crippen LogP contribution in [0.3, 0.4) is 0 Å². The van der Waals surface area contributed by atoms with Gasteiger partial charge in [0.2, 0.25) is 0 Å². The number of aryl methyl sites for hydroxylation is 2. The summed E-state index contributed by atoms with van der Waals surface area (Å²) in [5.74, 6) is 0.0594. The van der Waals surface area contributed by atoms with E-state index in [1.807, 2.05) is 30.7 Å². The quantitative estimate of drug-likeness (QED) is 0.165. The van der Waals surface area contributed by atoms with Crippen molar-refractivity contribution >= 4 is 40.1 Å². The number of nitro groups is 1. The van der Waals surface area contributed by atoms with Gasteiger partial charge in [-0.2, -0.15) is 9.78 Å². The van der Waals surface area contributed by atoms with E-state index >= 15 is 0 Å². The Hall–Kier alpha value is -3.18. The molecule has 0 saturated carbocycles. The predicted molar refractivity (Wildman–Crippen MR) is 122 cm³/mol. The fraction of sp³-hybridized carbons (Fsp3) is 0.300. The highest BCUT2D eigenvalue weighted by Crippen LogP contribution is 2.22. The molecule has 10 nitrogen and oxygen atoms in total. The van der Waals surface area contributed by atoms with Crippen LogP contribution in [0.25, 0.3) is 10.9 Å². The van der Waals surface area contributed by atoms with Crippen molar-refractivity contribution in [3.05, 3.63) is 73.4 Å². The predicted octanol–water partition coefficient (Wildman–Crippen LogP) is 3.81. The van der Waals surface area contributed by atoms with E-state index in [9.17, 15) is 14.9 Å². The van der Waals surface area contributed by atoms with E-state index < -0.39 is 4.92 Å². The van der Waals surface area contributed by atoms with Crippen LogP contribution in [0.2, 0.25) is 5.02 Å². The van der Waals surface area contributed by atoms with Crippen LogP contribution in [0.4, 0.5) is 5.82 Å². The number of hydrogen-bond acceptors (Lipinski definition) is 7. The molecule has 1 aromatic carbocycles. The van der Waals surface area contributed by atoms with Gasteiger partial charge in [-0.05, 0) is 37.3 Å². The number of fused-ring (bicyclic) bond motifs is 1. The Kier molecular flexibility index (Phi) is 6.28. The smallest absolute Gasteiger partial charge is 0.358 e. The Morgan fingerprint density at radius 1 is 1.16 bits per heavy atom. The zero-order valence-electron chi connectivity index (χ0n) is 17.4. The maximum Gasteiger partial charge on any atom is 0.389 e. The zero-order chi connectivity index (χ0) is 22.8. The second-order valence-electron chi connectivity index (χ2n) is 7.17. The number of para-hydroxylation sites is 1. The monoisotopic (exact) mass is 473 g/mol. The molecular formula is C20H20ClN7O3S. The molecule has 32 heavy (non-hydrogen) atoms. The van der Waals surface area contributed by atoms with E-state index in [-0.39, 0.29) is 17.3 Å². The average molecular weight is 474 g/mol. The SMILES string of the molecule is Cc1nn(CCCn2c(SCn3ccc([N+](=O)[O-])n3)nc3ccccc3c2=O)c(C)c1Cl. The molecule has 4 rings (SSSR count). The molecule has 12 heteroatoms. The van der Waals surface area contributed by atoms with Gasteiger partial charge in [-0.25, -0.2) is 4.98 Å². The van der Waals surface area contributed by atoms with Gasteiger partial charge in [0.25, 0.3) is 5.56 Å². The van der Waals surface area contributed by atoms with E-state index in [0.29, 0.717) is 40.6 Å². The second-order valence-corrected chi connectivity index (χ2v) is 8.46. The molecule has 3 aromatic heterocycles. The first-order chi connectivity index (χ1) is 15.3. The molecule has 0 radical (unpaired) electrons. The molecule has 0 aliphatic carbocycles. The number of hydrogen-bond donors (Lipinski definition) is 0. The topological polar surface area (TPSA) is 114 Å². The molecule has 0 bridgehead atoms. The number of benzene rings is 1. The highest BCUT2D eigenvalue weighted by atomic mass is 35.5. The third-order valence-corrected chi connectivity index (χ3v) is 6.52. The van der Waals surface area contributed by atoms with Crippen molar-refractivity contribution in [3.8, 4) is 0 Å². The molecule has 0 aliphatic heterocycles. The minimum Gasteiger partial charge on any atom is -0.358 e.